The Balaban J connectivity index is 3.49. The maximum Gasteiger partial charge on any atom is -0.0214 e. The van der Waals surface area contributed by atoms with Crippen molar-refractivity contribution in [3.63, 3.8) is 0 Å². The molecule has 0 nitrogen and oxygen atoms in total. The second-order valence-corrected chi connectivity index (χ2v) is 2.15. The van der Waals surface area contributed by atoms with Crippen LogP contribution < -0.4 is 0 Å². The maximum absolute atomic E-state index is 3.49. The SMILES string of the molecule is C=C=CCC(C)/C=C/C. The summed E-state index contributed by atoms with van der Waals surface area (Å²) in [6.45, 7) is 7.70. The predicted octanol–water partition coefficient (Wildman–Crippen LogP) is 2.93. The van der Waals surface area contributed by atoms with Crippen LogP contribution in [-0.4, -0.2) is 0 Å². The summed E-state index contributed by atoms with van der Waals surface area (Å²) in [6.07, 6.45) is 7.26. The Labute approximate surface area is 57.6 Å². The molecule has 0 saturated heterocycles. The van der Waals surface area contributed by atoms with E-state index in [-0.39, 0.29) is 0 Å². The quantitative estimate of drug-likeness (QED) is 0.399. The molecule has 0 spiro atoms. The van der Waals surface area contributed by atoms with E-state index in [1.807, 2.05) is 13.0 Å². The van der Waals surface area contributed by atoms with Crippen LogP contribution in [0, 0.1) is 5.92 Å². The largest absolute Gasteiger partial charge is 0.133 e. The van der Waals surface area contributed by atoms with Gasteiger partial charge in [0.1, 0.15) is 0 Å². The fraction of sp³-hybridized carbons (Fsp3) is 0.444. The van der Waals surface area contributed by atoms with Crippen molar-refractivity contribution in [1.82, 2.24) is 0 Å². The van der Waals surface area contributed by atoms with Crippen LogP contribution in [-0.2, 0) is 0 Å². The van der Waals surface area contributed by atoms with Crippen molar-refractivity contribution in [3.05, 3.63) is 30.5 Å². The van der Waals surface area contributed by atoms with Crippen LogP contribution in [0.2, 0.25) is 0 Å². The van der Waals surface area contributed by atoms with Crippen LogP contribution >= 0.6 is 0 Å². The molecule has 0 rings (SSSR count). The van der Waals surface area contributed by atoms with Gasteiger partial charge in [-0.05, 0) is 25.3 Å². The summed E-state index contributed by atoms with van der Waals surface area (Å²) in [4.78, 5) is 0. The highest BCUT2D eigenvalue weighted by Gasteiger charge is 1.89. The van der Waals surface area contributed by atoms with Crippen molar-refractivity contribution in [3.8, 4) is 0 Å². The summed E-state index contributed by atoms with van der Waals surface area (Å²) in [5.41, 5.74) is 2.75. The maximum atomic E-state index is 3.49. The molecular formula is C9H14. The molecule has 0 aliphatic carbocycles. The highest BCUT2D eigenvalue weighted by Crippen LogP contribution is 2.02. The van der Waals surface area contributed by atoms with Gasteiger partial charge in [-0.2, -0.15) is 0 Å². The minimum Gasteiger partial charge on any atom is -0.133 e. The van der Waals surface area contributed by atoms with Gasteiger partial charge < -0.3 is 0 Å². The molecule has 1 unspecified atom stereocenters. The zero-order valence-electron chi connectivity index (χ0n) is 6.22. The van der Waals surface area contributed by atoms with Crippen LogP contribution in [0.5, 0.6) is 0 Å². The number of rotatable bonds is 3. The first kappa shape index (κ1) is 8.26. The fourth-order valence-corrected chi connectivity index (χ4v) is 0.676. The van der Waals surface area contributed by atoms with Gasteiger partial charge in [0, 0.05) is 0 Å². The Bertz CT molecular complexity index is 125. The lowest BCUT2D eigenvalue weighted by Crippen LogP contribution is -1.83. The molecule has 0 N–H and O–H groups in total. The van der Waals surface area contributed by atoms with E-state index in [1.165, 1.54) is 0 Å². The Hall–Kier alpha value is -0.740. The monoisotopic (exact) mass is 122 g/mol. The van der Waals surface area contributed by atoms with E-state index >= 15 is 0 Å². The first-order valence-electron chi connectivity index (χ1n) is 3.28. The predicted molar refractivity (Wildman–Crippen MR) is 42.3 cm³/mol. The summed E-state index contributed by atoms with van der Waals surface area (Å²) in [7, 11) is 0. The Morgan fingerprint density at radius 1 is 1.67 bits per heavy atom. The zero-order valence-corrected chi connectivity index (χ0v) is 6.22. The molecule has 0 heteroatoms. The first-order valence-corrected chi connectivity index (χ1v) is 3.28. The van der Waals surface area contributed by atoms with E-state index in [4.69, 9.17) is 0 Å². The second kappa shape index (κ2) is 5.40. The van der Waals surface area contributed by atoms with Crippen LogP contribution in [0.1, 0.15) is 20.3 Å². The number of allylic oxidation sites excluding steroid dienone is 3. The molecule has 1 atom stereocenters. The summed E-state index contributed by atoms with van der Waals surface area (Å²) in [5, 5.41) is 0. The van der Waals surface area contributed by atoms with Crippen LogP contribution in [0.25, 0.3) is 0 Å². The molecule has 50 valence electrons. The molecule has 0 aliphatic rings. The molecule has 0 aliphatic heterocycles. The highest BCUT2D eigenvalue weighted by atomic mass is 13.9. The number of hydrogen-bond acceptors (Lipinski definition) is 0. The Kier molecular flexibility index (Phi) is 4.95. The highest BCUT2D eigenvalue weighted by molar-refractivity contribution is 4.88. The topological polar surface area (TPSA) is 0 Å². The fourth-order valence-electron chi connectivity index (χ4n) is 0.676. The van der Waals surface area contributed by atoms with Crippen molar-refractivity contribution < 1.29 is 0 Å². The summed E-state index contributed by atoms with van der Waals surface area (Å²) in [6, 6.07) is 0. The minimum atomic E-state index is 0.629. The lowest BCUT2D eigenvalue weighted by atomic mass is 10.1. The van der Waals surface area contributed by atoms with Crippen molar-refractivity contribution in [2.75, 3.05) is 0 Å². The number of hydrogen-bond donors (Lipinski definition) is 0. The average Bonchev–Trinajstić information content (AvgIpc) is 1.85. The first-order chi connectivity index (χ1) is 4.31. The van der Waals surface area contributed by atoms with Gasteiger partial charge in [-0.1, -0.05) is 25.7 Å². The molecule has 9 heavy (non-hydrogen) atoms. The standard InChI is InChI=1S/C9H14/c1-4-6-8-9(3)7-5-2/h5-7,9H,1,8H2,2-3H3/b7-5+. The summed E-state index contributed by atoms with van der Waals surface area (Å²) in [5.74, 6) is 0.629. The van der Waals surface area contributed by atoms with Crippen LogP contribution in [0.15, 0.2) is 30.5 Å². The van der Waals surface area contributed by atoms with Gasteiger partial charge in [0.25, 0.3) is 0 Å². The third kappa shape index (κ3) is 5.13. The Morgan fingerprint density at radius 3 is 2.78 bits per heavy atom. The lowest BCUT2D eigenvalue weighted by Gasteiger charge is -1.96. The molecule has 0 saturated carbocycles. The third-order valence-corrected chi connectivity index (χ3v) is 1.15. The van der Waals surface area contributed by atoms with E-state index in [9.17, 15) is 0 Å². The van der Waals surface area contributed by atoms with Gasteiger partial charge in [-0.25, -0.2) is 0 Å². The van der Waals surface area contributed by atoms with Gasteiger partial charge >= 0.3 is 0 Å². The molecule has 0 amide bonds. The van der Waals surface area contributed by atoms with E-state index < -0.39 is 0 Å². The van der Waals surface area contributed by atoms with Crippen molar-refractivity contribution in [1.29, 1.82) is 0 Å². The molecule has 0 fully saturated rings. The van der Waals surface area contributed by atoms with Gasteiger partial charge in [0.2, 0.25) is 0 Å². The minimum absolute atomic E-state index is 0.629. The Morgan fingerprint density at radius 2 is 2.33 bits per heavy atom. The van der Waals surface area contributed by atoms with Crippen molar-refractivity contribution in [2.45, 2.75) is 20.3 Å². The van der Waals surface area contributed by atoms with Crippen molar-refractivity contribution >= 4 is 0 Å². The van der Waals surface area contributed by atoms with E-state index in [1.54, 1.807) is 0 Å². The zero-order chi connectivity index (χ0) is 7.11. The molecule has 0 aromatic carbocycles. The molecule has 0 heterocycles. The van der Waals surface area contributed by atoms with Gasteiger partial charge in [0.05, 0.1) is 0 Å². The normalized spacial score (nSPS) is 13.1. The molecular weight excluding hydrogens is 108 g/mol. The third-order valence-electron chi connectivity index (χ3n) is 1.15. The molecule has 0 radical (unpaired) electrons. The van der Waals surface area contributed by atoms with E-state index in [0.717, 1.165) is 6.42 Å². The second-order valence-electron chi connectivity index (χ2n) is 2.15. The molecule has 0 bridgehead atoms. The van der Waals surface area contributed by atoms with E-state index in [2.05, 4.69) is 31.4 Å². The smallest absolute Gasteiger partial charge is 0.0214 e. The van der Waals surface area contributed by atoms with Crippen LogP contribution in [0.3, 0.4) is 0 Å². The summed E-state index contributed by atoms with van der Waals surface area (Å²) < 4.78 is 0. The molecule has 0 aromatic rings. The van der Waals surface area contributed by atoms with E-state index in [0.29, 0.717) is 5.92 Å². The van der Waals surface area contributed by atoms with Gasteiger partial charge in [-0.3, -0.25) is 0 Å². The van der Waals surface area contributed by atoms with Gasteiger partial charge in [-0.15, -0.1) is 5.73 Å². The van der Waals surface area contributed by atoms with Gasteiger partial charge in [0.15, 0.2) is 0 Å². The van der Waals surface area contributed by atoms with Crippen molar-refractivity contribution in [2.24, 2.45) is 5.92 Å². The molecule has 0 aromatic heterocycles. The lowest BCUT2D eigenvalue weighted by molar-refractivity contribution is 0.744. The van der Waals surface area contributed by atoms with Crippen LogP contribution in [0.4, 0.5) is 0 Å². The summed E-state index contributed by atoms with van der Waals surface area (Å²) >= 11 is 0. The average molecular weight is 122 g/mol.